The zero-order chi connectivity index (χ0) is 16.1. The molecule has 1 aromatic heterocycles. The van der Waals surface area contributed by atoms with Gasteiger partial charge in [-0.1, -0.05) is 13.3 Å². The van der Waals surface area contributed by atoms with Crippen molar-refractivity contribution < 1.29 is 14.7 Å². The molecule has 0 atom stereocenters. The molecule has 0 saturated carbocycles. The van der Waals surface area contributed by atoms with Gasteiger partial charge in [0.15, 0.2) is 0 Å². The van der Waals surface area contributed by atoms with Gasteiger partial charge in [-0.05, 0) is 6.42 Å². The van der Waals surface area contributed by atoms with Crippen molar-refractivity contribution in [1.82, 2.24) is 14.8 Å². The number of rotatable bonds is 7. The van der Waals surface area contributed by atoms with Crippen LogP contribution in [-0.4, -0.2) is 58.4 Å². The highest BCUT2D eigenvalue weighted by Crippen LogP contribution is 2.25. The van der Waals surface area contributed by atoms with E-state index in [1.165, 1.54) is 0 Å². The van der Waals surface area contributed by atoms with E-state index in [1.807, 2.05) is 11.9 Å². The Hall–Kier alpha value is -1.47. The molecule has 22 heavy (non-hydrogen) atoms. The number of carbonyl (C=O) groups excluding carboxylic acids is 1. The average molecular weight is 325 g/mol. The molecule has 0 aliphatic carbocycles. The first-order chi connectivity index (χ1) is 10.5. The fourth-order valence-electron chi connectivity index (χ4n) is 2.49. The molecule has 122 valence electrons. The van der Waals surface area contributed by atoms with Gasteiger partial charge >= 0.3 is 5.97 Å². The molecule has 1 aliphatic heterocycles. The molecule has 0 radical (unpaired) electrons. The summed E-state index contributed by atoms with van der Waals surface area (Å²) in [7, 11) is 1.83. The Morgan fingerprint density at radius 3 is 2.91 bits per heavy atom. The Bertz CT molecular complexity index is 544. The predicted octanol–water partition coefficient (Wildman–Crippen LogP) is 1.39. The summed E-state index contributed by atoms with van der Waals surface area (Å²) in [5.74, 6) is -0.706. The summed E-state index contributed by atoms with van der Waals surface area (Å²) in [6.07, 6.45) is 3.19. The quantitative estimate of drug-likeness (QED) is 0.820. The van der Waals surface area contributed by atoms with Crippen molar-refractivity contribution in [2.24, 2.45) is 0 Å². The molecule has 0 fully saturated rings. The molecule has 1 aliphatic rings. The molecule has 1 amide bonds. The van der Waals surface area contributed by atoms with Crippen molar-refractivity contribution in [1.29, 1.82) is 0 Å². The van der Waals surface area contributed by atoms with Crippen LogP contribution in [0.25, 0.3) is 0 Å². The average Bonchev–Trinajstić information content (AvgIpc) is 2.85. The van der Waals surface area contributed by atoms with Gasteiger partial charge in [0.25, 0.3) is 0 Å². The smallest absolute Gasteiger partial charge is 0.317 e. The van der Waals surface area contributed by atoms with E-state index < -0.39 is 5.97 Å². The number of carboxylic acids is 1. The zero-order valence-electron chi connectivity index (χ0n) is 13.2. The van der Waals surface area contributed by atoms with Gasteiger partial charge in [-0.25, -0.2) is 4.98 Å². The molecule has 0 bridgehead atoms. The fourth-order valence-corrected chi connectivity index (χ4v) is 3.64. The van der Waals surface area contributed by atoms with Gasteiger partial charge in [-0.15, -0.1) is 11.3 Å². The van der Waals surface area contributed by atoms with Gasteiger partial charge in [-0.3, -0.25) is 14.5 Å². The third kappa shape index (κ3) is 4.51. The van der Waals surface area contributed by atoms with Gasteiger partial charge in [0, 0.05) is 38.0 Å². The van der Waals surface area contributed by atoms with E-state index in [0.717, 1.165) is 41.4 Å². The predicted molar refractivity (Wildman–Crippen MR) is 85.0 cm³/mol. The summed E-state index contributed by atoms with van der Waals surface area (Å²) < 4.78 is 0. The van der Waals surface area contributed by atoms with E-state index in [4.69, 9.17) is 5.11 Å². The van der Waals surface area contributed by atoms with Crippen LogP contribution in [0.15, 0.2) is 0 Å². The molecule has 6 nitrogen and oxygen atoms in total. The number of amides is 1. The first-order valence-corrected chi connectivity index (χ1v) is 8.46. The second-order valence-electron chi connectivity index (χ2n) is 5.68. The van der Waals surface area contributed by atoms with Crippen LogP contribution in [0.2, 0.25) is 0 Å². The van der Waals surface area contributed by atoms with E-state index in [0.29, 0.717) is 19.5 Å². The van der Waals surface area contributed by atoms with Crippen LogP contribution < -0.4 is 0 Å². The topological polar surface area (TPSA) is 73.7 Å². The van der Waals surface area contributed by atoms with Crippen LogP contribution in [0, 0.1) is 0 Å². The Morgan fingerprint density at radius 2 is 2.23 bits per heavy atom. The number of fused-ring (bicyclic) bond motifs is 1. The van der Waals surface area contributed by atoms with E-state index in [2.05, 4.69) is 11.9 Å². The van der Waals surface area contributed by atoms with Gasteiger partial charge < -0.3 is 10.0 Å². The van der Waals surface area contributed by atoms with E-state index in [9.17, 15) is 9.59 Å². The molecule has 0 spiro atoms. The second-order valence-corrected chi connectivity index (χ2v) is 6.85. The minimum atomic E-state index is -0.805. The van der Waals surface area contributed by atoms with Crippen LogP contribution in [0.4, 0.5) is 0 Å². The van der Waals surface area contributed by atoms with E-state index in [-0.39, 0.29) is 12.5 Å². The second kappa shape index (κ2) is 7.69. The lowest BCUT2D eigenvalue weighted by Crippen LogP contribution is -2.34. The van der Waals surface area contributed by atoms with Crippen molar-refractivity contribution in [3.63, 3.8) is 0 Å². The highest BCUT2D eigenvalue weighted by atomic mass is 32.1. The normalized spacial score (nSPS) is 14.6. The standard InChI is InChI=1S/C15H23N3O3S/c1-3-4-6-17(2)14(19)8-13-16-11-5-7-18(10-15(20)21)9-12(11)22-13/h3-10H2,1-2H3,(H,20,21). The first-order valence-electron chi connectivity index (χ1n) is 7.65. The van der Waals surface area contributed by atoms with Crippen LogP contribution in [0.3, 0.4) is 0 Å². The Balaban J connectivity index is 1.94. The molecule has 7 heteroatoms. The number of thiazole rings is 1. The van der Waals surface area contributed by atoms with Crippen molar-refractivity contribution in [3.8, 4) is 0 Å². The van der Waals surface area contributed by atoms with Crippen molar-refractivity contribution >= 4 is 23.2 Å². The number of carbonyl (C=O) groups is 2. The maximum atomic E-state index is 12.1. The van der Waals surface area contributed by atoms with Crippen LogP contribution in [0.1, 0.15) is 35.3 Å². The number of unbranched alkanes of at least 4 members (excludes halogenated alkanes) is 1. The lowest BCUT2D eigenvalue weighted by Gasteiger charge is -2.23. The molecule has 1 aromatic rings. The Labute approximate surface area is 134 Å². The molecule has 0 saturated heterocycles. The molecule has 0 unspecified atom stereocenters. The van der Waals surface area contributed by atoms with Crippen LogP contribution >= 0.6 is 11.3 Å². The van der Waals surface area contributed by atoms with E-state index in [1.54, 1.807) is 16.2 Å². The number of aliphatic carboxylic acids is 1. The molecule has 0 aromatic carbocycles. The highest BCUT2D eigenvalue weighted by Gasteiger charge is 2.23. The molecule has 2 rings (SSSR count). The lowest BCUT2D eigenvalue weighted by atomic mass is 10.2. The summed E-state index contributed by atoms with van der Waals surface area (Å²) in [6, 6.07) is 0. The van der Waals surface area contributed by atoms with Gasteiger partial charge in [-0.2, -0.15) is 0 Å². The number of aromatic nitrogens is 1. The van der Waals surface area contributed by atoms with E-state index >= 15 is 0 Å². The summed E-state index contributed by atoms with van der Waals surface area (Å²) in [5, 5.41) is 9.71. The Morgan fingerprint density at radius 1 is 1.45 bits per heavy atom. The maximum absolute atomic E-state index is 12.1. The minimum absolute atomic E-state index is 0.0609. The summed E-state index contributed by atoms with van der Waals surface area (Å²) in [6.45, 7) is 4.29. The maximum Gasteiger partial charge on any atom is 0.317 e. The summed E-state index contributed by atoms with van der Waals surface area (Å²) >= 11 is 1.54. The highest BCUT2D eigenvalue weighted by molar-refractivity contribution is 7.11. The monoisotopic (exact) mass is 325 g/mol. The van der Waals surface area contributed by atoms with Crippen molar-refractivity contribution in [3.05, 3.63) is 15.6 Å². The number of hydrogen-bond acceptors (Lipinski definition) is 5. The minimum Gasteiger partial charge on any atom is -0.480 e. The van der Waals surface area contributed by atoms with Crippen LogP contribution in [-0.2, 0) is 29.0 Å². The zero-order valence-corrected chi connectivity index (χ0v) is 14.0. The molecule has 2 heterocycles. The third-order valence-corrected chi connectivity index (χ3v) is 4.87. The van der Waals surface area contributed by atoms with Crippen molar-refractivity contribution in [2.45, 2.75) is 39.2 Å². The van der Waals surface area contributed by atoms with Crippen molar-refractivity contribution in [2.75, 3.05) is 26.7 Å². The third-order valence-electron chi connectivity index (χ3n) is 3.79. The molecular weight excluding hydrogens is 302 g/mol. The van der Waals surface area contributed by atoms with Gasteiger partial charge in [0.1, 0.15) is 5.01 Å². The van der Waals surface area contributed by atoms with Crippen LogP contribution in [0.5, 0.6) is 0 Å². The largest absolute Gasteiger partial charge is 0.480 e. The summed E-state index contributed by atoms with van der Waals surface area (Å²) in [5.41, 5.74) is 1.03. The lowest BCUT2D eigenvalue weighted by molar-refractivity contribution is -0.138. The number of carboxylic acid groups (broad SMARTS) is 1. The number of hydrogen-bond donors (Lipinski definition) is 1. The van der Waals surface area contributed by atoms with Gasteiger partial charge in [0.2, 0.25) is 5.91 Å². The number of nitrogens with zero attached hydrogens (tertiary/aromatic N) is 3. The first kappa shape index (κ1) is 16.9. The SMILES string of the molecule is CCCCN(C)C(=O)Cc1nc2c(s1)CN(CC(=O)O)CC2. The van der Waals surface area contributed by atoms with Gasteiger partial charge in [0.05, 0.1) is 18.7 Å². The fraction of sp³-hybridized carbons (Fsp3) is 0.667. The summed E-state index contributed by atoms with van der Waals surface area (Å²) in [4.78, 5) is 32.3. The Kier molecular flexibility index (Phi) is 5.90. The molecule has 1 N–H and O–H groups in total. The number of likely N-dealkylation sites (N-methyl/N-ethyl adjacent to an activating group) is 1. The molecular formula is C15H23N3O3S.